The minimum absolute atomic E-state index is 0.894. The molecule has 92 valence electrons. The maximum Gasteiger partial charge on any atom is 0.0454 e. The van der Waals surface area contributed by atoms with E-state index in [-0.39, 0.29) is 0 Å². The van der Waals surface area contributed by atoms with Crippen LogP contribution in [0.25, 0.3) is 10.9 Å². The fourth-order valence-electron chi connectivity index (χ4n) is 1.98. The van der Waals surface area contributed by atoms with E-state index in [0.29, 0.717) is 0 Å². The van der Waals surface area contributed by atoms with Gasteiger partial charge in [0, 0.05) is 34.2 Å². The van der Waals surface area contributed by atoms with Gasteiger partial charge in [-0.25, -0.2) is 0 Å². The van der Waals surface area contributed by atoms with Crippen molar-refractivity contribution < 1.29 is 0 Å². The number of H-pyrrole nitrogens is 1. The van der Waals surface area contributed by atoms with Gasteiger partial charge in [-0.05, 0) is 56.5 Å². The number of nitrogens with one attached hydrogen (secondary N) is 2. The summed E-state index contributed by atoms with van der Waals surface area (Å²) in [4.78, 5) is 4.55. The third kappa shape index (κ3) is 2.51. The highest BCUT2D eigenvalue weighted by Crippen LogP contribution is 2.22. The summed E-state index contributed by atoms with van der Waals surface area (Å²) in [7, 11) is 0. The van der Waals surface area contributed by atoms with E-state index in [1.54, 1.807) is 11.3 Å². The van der Waals surface area contributed by atoms with E-state index in [4.69, 9.17) is 0 Å². The first-order valence-corrected chi connectivity index (χ1v) is 7.49. The first-order chi connectivity index (χ1) is 8.83. The Kier molecular flexibility index (Phi) is 3.50. The molecule has 0 amide bonds. The van der Waals surface area contributed by atoms with E-state index in [0.717, 1.165) is 13.1 Å². The van der Waals surface area contributed by atoms with Crippen molar-refractivity contribution in [3.05, 3.63) is 56.8 Å². The molecule has 0 unspecified atom stereocenters. The summed E-state index contributed by atoms with van der Waals surface area (Å²) in [6.07, 6.45) is 1.98. The molecule has 18 heavy (non-hydrogen) atoms. The van der Waals surface area contributed by atoms with Crippen LogP contribution in [0.2, 0.25) is 0 Å². The van der Waals surface area contributed by atoms with E-state index in [9.17, 15) is 0 Å². The molecule has 0 spiro atoms. The van der Waals surface area contributed by atoms with Crippen LogP contribution in [0.4, 0.5) is 0 Å². The van der Waals surface area contributed by atoms with Crippen LogP contribution in [0.1, 0.15) is 10.4 Å². The maximum absolute atomic E-state index is 3.55. The topological polar surface area (TPSA) is 27.8 Å². The molecule has 0 radical (unpaired) electrons. The summed E-state index contributed by atoms with van der Waals surface area (Å²) < 4.78 is 1.20. The standard InChI is InChI=1S/C14H13BrN2S/c15-12-4-6-18-14(12)9-16-8-10-1-2-13-11(7-10)3-5-17-13/h1-7,16-17H,8-9H2. The van der Waals surface area contributed by atoms with Crippen LogP contribution in [0.15, 0.2) is 46.4 Å². The molecule has 0 saturated heterocycles. The molecule has 0 bridgehead atoms. The van der Waals surface area contributed by atoms with Gasteiger partial charge in [0.2, 0.25) is 0 Å². The normalized spacial score (nSPS) is 11.2. The molecule has 2 heterocycles. The predicted molar refractivity (Wildman–Crippen MR) is 80.9 cm³/mol. The number of fused-ring (bicyclic) bond motifs is 1. The van der Waals surface area contributed by atoms with Gasteiger partial charge in [-0.3, -0.25) is 0 Å². The van der Waals surface area contributed by atoms with Crippen molar-refractivity contribution in [2.45, 2.75) is 13.1 Å². The molecule has 3 aromatic rings. The van der Waals surface area contributed by atoms with Gasteiger partial charge in [-0.1, -0.05) is 6.07 Å². The second-order valence-electron chi connectivity index (χ2n) is 4.19. The van der Waals surface area contributed by atoms with Crippen molar-refractivity contribution in [1.29, 1.82) is 0 Å². The zero-order valence-electron chi connectivity index (χ0n) is 9.74. The quantitative estimate of drug-likeness (QED) is 0.737. The predicted octanol–water partition coefficient (Wildman–Crippen LogP) is 4.28. The second kappa shape index (κ2) is 5.26. The molecular weight excluding hydrogens is 308 g/mol. The Bertz CT molecular complexity index is 656. The van der Waals surface area contributed by atoms with Gasteiger partial charge in [-0.2, -0.15) is 0 Å². The molecule has 0 aliphatic heterocycles. The minimum atomic E-state index is 0.894. The van der Waals surface area contributed by atoms with Crippen LogP contribution in [-0.2, 0) is 13.1 Å². The van der Waals surface area contributed by atoms with Crippen LogP contribution in [0, 0.1) is 0 Å². The number of thiophene rings is 1. The van der Waals surface area contributed by atoms with Crippen molar-refractivity contribution in [1.82, 2.24) is 10.3 Å². The van der Waals surface area contributed by atoms with Gasteiger partial charge < -0.3 is 10.3 Å². The van der Waals surface area contributed by atoms with Crippen molar-refractivity contribution in [2.75, 3.05) is 0 Å². The highest BCUT2D eigenvalue weighted by Gasteiger charge is 2.01. The lowest BCUT2D eigenvalue weighted by Crippen LogP contribution is -2.11. The summed E-state index contributed by atoms with van der Waals surface area (Å²) in [5, 5.41) is 6.85. The number of aromatic nitrogens is 1. The Morgan fingerprint density at radius 2 is 2.11 bits per heavy atom. The zero-order valence-corrected chi connectivity index (χ0v) is 12.1. The number of rotatable bonds is 4. The summed E-state index contributed by atoms with van der Waals surface area (Å²) in [5.74, 6) is 0. The minimum Gasteiger partial charge on any atom is -0.361 e. The number of aromatic amines is 1. The number of hydrogen-bond donors (Lipinski definition) is 2. The lowest BCUT2D eigenvalue weighted by molar-refractivity contribution is 0.700. The van der Waals surface area contributed by atoms with Gasteiger partial charge in [0.05, 0.1) is 0 Å². The van der Waals surface area contributed by atoms with Gasteiger partial charge in [-0.15, -0.1) is 11.3 Å². The lowest BCUT2D eigenvalue weighted by atomic mass is 10.1. The largest absolute Gasteiger partial charge is 0.361 e. The highest BCUT2D eigenvalue weighted by molar-refractivity contribution is 9.10. The molecule has 2 aromatic heterocycles. The lowest BCUT2D eigenvalue weighted by Gasteiger charge is -2.04. The Morgan fingerprint density at radius 1 is 1.17 bits per heavy atom. The first kappa shape index (κ1) is 12.0. The van der Waals surface area contributed by atoms with Crippen molar-refractivity contribution in [2.24, 2.45) is 0 Å². The smallest absolute Gasteiger partial charge is 0.0454 e. The summed E-state index contributed by atoms with van der Waals surface area (Å²) >= 11 is 5.32. The maximum atomic E-state index is 3.55. The van der Waals surface area contributed by atoms with E-state index in [1.165, 1.54) is 25.8 Å². The van der Waals surface area contributed by atoms with Crippen molar-refractivity contribution >= 4 is 38.2 Å². The number of halogens is 1. The summed E-state index contributed by atoms with van der Waals surface area (Å²) in [5.41, 5.74) is 2.51. The fraction of sp³-hybridized carbons (Fsp3) is 0.143. The summed E-state index contributed by atoms with van der Waals surface area (Å²) in [6, 6.07) is 10.7. The number of benzene rings is 1. The Balaban J connectivity index is 1.64. The van der Waals surface area contributed by atoms with Crippen molar-refractivity contribution in [3.8, 4) is 0 Å². The van der Waals surface area contributed by atoms with E-state index in [1.807, 2.05) is 6.20 Å². The third-order valence-electron chi connectivity index (χ3n) is 2.92. The Morgan fingerprint density at radius 3 is 2.94 bits per heavy atom. The molecule has 0 saturated carbocycles. The van der Waals surface area contributed by atoms with Gasteiger partial charge in [0.15, 0.2) is 0 Å². The fourth-order valence-corrected chi connectivity index (χ4v) is 3.45. The average molecular weight is 321 g/mol. The molecular formula is C14H13BrN2S. The zero-order chi connectivity index (χ0) is 12.4. The van der Waals surface area contributed by atoms with Gasteiger partial charge in [0.25, 0.3) is 0 Å². The van der Waals surface area contributed by atoms with Crippen LogP contribution in [0.3, 0.4) is 0 Å². The van der Waals surface area contributed by atoms with Gasteiger partial charge >= 0.3 is 0 Å². The van der Waals surface area contributed by atoms with Crippen molar-refractivity contribution in [3.63, 3.8) is 0 Å². The van der Waals surface area contributed by atoms with Crippen LogP contribution in [0.5, 0.6) is 0 Å². The van der Waals surface area contributed by atoms with Crippen LogP contribution >= 0.6 is 27.3 Å². The number of hydrogen-bond acceptors (Lipinski definition) is 2. The molecule has 0 fully saturated rings. The molecule has 3 rings (SSSR count). The Hall–Kier alpha value is -1.10. The average Bonchev–Trinajstić information content (AvgIpc) is 2.98. The highest BCUT2D eigenvalue weighted by atomic mass is 79.9. The molecule has 2 nitrogen and oxygen atoms in total. The molecule has 0 aliphatic rings. The van der Waals surface area contributed by atoms with E-state index < -0.39 is 0 Å². The van der Waals surface area contributed by atoms with Crippen LogP contribution < -0.4 is 5.32 Å². The van der Waals surface area contributed by atoms with Crippen LogP contribution in [-0.4, -0.2) is 4.98 Å². The monoisotopic (exact) mass is 320 g/mol. The summed E-state index contributed by atoms with van der Waals surface area (Å²) in [6.45, 7) is 1.80. The molecule has 4 heteroatoms. The van der Waals surface area contributed by atoms with E-state index >= 15 is 0 Å². The SMILES string of the molecule is Brc1ccsc1CNCc1ccc2[nH]ccc2c1. The molecule has 0 aliphatic carbocycles. The second-order valence-corrected chi connectivity index (χ2v) is 6.05. The molecule has 1 aromatic carbocycles. The first-order valence-electron chi connectivity index (χ1n) is 5.81. The van der Waals surface area contributed by atoms with E-state index in [2.05, 4.69) is 61.9 Å². The Labute approximate surface area is 118 Å². The van der Waals surface area contributed by atoms with Gasteiger partial charge in [0.1, 0.15) is 0 Å². The molecule has 0 atom stereocenters. The third-order valence-corrected chi connectivity index (χ3v) is 4.85. The molecule has 2 N–H and O–H groups in total.